The summed E-state index contributed by atoms with van der Waals surface area (Å²) in [6.07, 6.45) is 0. The second-order valence-electron chi connectivity index (χ2n) is 5.79. The van der Waals surface area contributed by atoms with Crippen LogP contribution < -0.4 is 20.1 Å². The largest absolute Gasteiger partial charge is 0.493 e. The van der Waals surface area contributed by atoms with Gasteiger partial charge in [0.25, 0.3) is 11.6 Å². The second-order valence-corrected chi connectivity index (χ2v) is 5.79. The number of para-hydroxylation sites is 2. The number of methoxy groups -OCH3 is 1. The van der Waals surface area contributed by atoms with E-state index < -0.39 is 22.8 Å². The maximum Gasteiger partial charge on any atom is 0.270 e. The van der Waals surface area contributed by atoms with E-state index in [1.807, 2.05) is 12.1 Å². The summed E-state index contributed by atoms with van der Waals surface area (Å²) in [6, 6.07) is 11.6. The molecule has 0 radical (unpaired) electrons. The maximum atomic E-state index is 12.2. The molecule has 0 aliphatic rings. The standard InChI is InChI=1S/C19H21N3O6/c1-13(21-19(24)14-6-5-7-15(12-14)22(25)26)18(23)20-10-11-28-17-9-4-3-8-16(17)27-2/h3-9,12-13H,10-11H2,1-2H3,(H,20,23)(H,21,24). The van der Waals surface area contributed by atoms with E-state index in [9.17, 15) is 19.7 Å². The van der Waals surface area contributed by atoms with Crippen LogP contribution in [0.15, 0.2) is 48.5 Å². The zero-order valence-corrected chi connectivity index (χ0v) is 15.5. The molecular weight excluding hydrogens is 366 g/mol. The Morgan fingerprint density at radius 2 is 1.86 bits per heavy atom. The molecule has 0 aromatic heterocycles. The van der Waals surface area contributed by atoms with E-state index in [1.165, 1.54) is 32.2 Å². The van der Waals surface area contributed by atoms with E-state index >= 15 is 0 Å². The number of nitrogens with zero attached hydrogens (tertiary/aromatic N) is 1. The smallest absolute Gasteiger partial charge is 0.270 e. The summed E-state index contributed by atoms with van der Waals surface area (Å²) in [5.74, 6) is 0.178. The molecule has 0 saturated carbocycles. The molecule has 28 heavy (non-hydrogen) atoms. The predicted octanol–water partition coefficient (Wildman–Crippen LogP) is 1.92. The van der Waals surface area contributed by atoms with Crippen LogP contribution in [0.1, 0.15) is 17.3 Å². The first-order chi connectivity index (χ1) is 13.4. The maximum absolute atomic E-state index is 12.2. The average Bonchev–Trinajstić information content (AvgIpc) is 2.71. The molecule has 2 aromatic carbocycles. The van der Waals surface area contributed by atoms with Crippen molar-refractivity contribution in [1.82, 2.24) is 10.6 Å². The minimum atomic E-state index is -0.821. The Hall–Kier alpha value is -3.62. The van der Waals surface area contributed by atoms with Gasteiger partial charge in [-0.15, -0.1) is 0 Å². The first-order valence-corrected chi connectivity index (χ1v) is 8.51. The highest BCUT2D eigenvalue weighted by molar-refractivity contribution is 5.97. The van der Waals surface area contributed by atoms with Crippen molar-refractivity contribution in [2.24, 2.45) is 0 Å². The fourth-order valence-corrected chi connectivity index (χ4v) is 2.33. The fourth-order valence-electron chi connectivity index (χ4n) is 2.33. The van der Waals surface area contributed by atoms with Crippen molar-refractivity contribution >= 4 is 17.5 Å². The van der Waals surface area contributed by atoms with E-state index in [1.54, 1.807) is 12.1 Å². The molecule has 1 atom stereocenters. The highest BCUT2D eigenvalue weighted by Crippen LogP contribution is 2.25. The average molecular weight is 387 g/mol. The third kappa shape index (κ3) is 5.70. The molecule has 0 spiro atoms. The van der Waals surface area contributed by atoms with Crippen LogP contribution in [-0.4, -0.2) is 43.0 Å². The van der Waals surface area contributed by atoms with E-state index in [0.717, 1.165) is 6.07 Å². The molecule has 148 valence electrons. The molecule has 2 aromatic rings. The van der Waals surface area contributed by atoms with Gasteiger partial charge >= 0.3 is 0 Å². The molecule has 2 amide bonds. The number of nitro groups is 1. The molecule has 0 aliphatic heterocycles. The van der Waals surface area contributed by atoms with Gasteiger partial charge in [0.1, 0.15) is 12.6 Å². The zero-order chi connectivity index (χ0) is 20.5. The summed E-state index contributed by atoms with van der Waals surface area (Å²) in [4.78, 5) is 34.5. The fraction of sp³-hybridized carbons (Fsp3) is 0.263. The number of hydrogen-bond donors (Lipinski definition) is 2. The second kappa shape index (κ2) is 9.91. The Bertz CT molecular complexity index is 855. The number of ether oxygens (including phenoxy) is 2. The number of rotatable bonds is 9. The Kier molecular flexibility index (Phi) is 7.32. The Morgan fingerprint density at radius 1 is 1.14 bits per heavy atom. The van der Waals surface area contributed by atoms with Gasteiger partial charge in [0.2, 0.25) is 5.91 Å². The summed E-state index contributed by atoms with van der Waals surface area (Å²) < 4.78 is 10.7. The molecule has 0 bridgehead atoms. The lowest BCUT2D eigenvalue weighted by Gasteiger charge is -2.15. The number of nitrogens with one attached hydrogen (secondary N) is 2. The summed E-state index contributed by atoms with van der Waals surface area (Å²) in [5.41, 5.74) is -0.0911. The monoisotopic (exact) mass is 387 g/mol. The summed E-state index contributed by atoms with van der Waals surface area (Å²) in [6.45, 7) is 1.97. The first kappa shape index (κ1) is 20.7. The number of nitro benzene ring substituents is 1. The van der Waals surface area contributed by atoms with E-state index in [-0.39, 0.29) is 24.4 Å². The van der Waals surface area contributed by atoms with Crippen LogP contribution in [0, 0.1) is 10.1 Å². The number of carbonyl (C=O) groups is 2. The molecule has 0 heterocycles. The van der Waals surface area contributed by atoms with Crippen molar-refractivity contribution in [2.45, 2.75) is 13.0 Å². The van der Waals surface area contributed by atoms with Crippen LogP contribution in [0.2, 0.25) is 0 Å². The van der Waals surface area contributed by atoms with Crippen LogP contribution in [-0.2, 0) is 4.79 Å². The van der Waals surface area contributed by atoms with Gasteiger partial charge in [0.05, 0.1) is 18.6 Å². The minimum absolute atomic E-state index is 0.105. The molecule has 9 nitrogen and oxygen atoms in total. The lowest BCUT2D eigenvalue weighted by Crippen LogP contribution is -2.45. The molecule has 0 saturated heterocycles. The van der Waals surface area contributed by atoms with Gasteiger partial charge in [-0.1, -0.05) is 18.2 Å². The first-order valence-electron chi connectivity index (χ1n) is 8.51. The number of hydrogen-bond acceptors (Lipinski definition) is 6. The highest BCUT2D eigenvalue weighted by atomic mass is 16.6. The summed E-state index contributed by atoms with van der Waals surface area (Å²) >= 11 is 0. The van der Waals surface area contributed by atoms with E-state index in [2.05, 4.69) is 10.6 Å². The van der Waals surface area contributed by atoms with Crippen molar-refractivity contribution in [2.75, 3.05) is 20.3 Å². The molecule has 1 unspecified atom stereocenters. The lowest BCUT2D eigenvalue weighted by atomic mass is 10.1. The highest BCUT2D eigenvalue weighted by Gasteiger charge is 2.18. The summed E-state index contributed by atoms with van der Waals surface area (Å²) in [5, 5.41) is 15.9. The molecule has 0 aliphatic carbocycles. The van der Waals surface area contributed by atoms with Crippen molar-refractivity contribution in [1.29, 1.82) is 0 Å². The normalized spacial score (nSPS) is 11.2. The van der Waals surface area contributed by atoms with Crippen LogP contribution in [0.4, 0.5) is 5.69 Å². The quantitative estimate of drug-likeness (QED) is 0.385. The molecule has 0 fully saturated rings. The lowest BCUT2D eigenvalue weighted by molar-refractivity contribution is -0.384. The third-order valence-corrected chi connectivity index (χ3v) is 3.79. The topological polar surface area (TPSA) is 120 Å². The van der Waals surface area contributed by atoms with Gasteiger partial charge in [0, 0.05) is 17.7 Å². The van der Waals surface area contributed by atoms with Crippen LogP contribution in [0.25, 0.3) is 0 Å². The third-order valence-electron chi connectivity index (χ3n) is 3.79. The number of non-ortho nitro benzene ring substituents is 1. The van der Waals surface area contributed by atoms with Crippen LogP contribution >= 0.6 is 0 Å². The summed E-state index contributed by atoms with van der Waals surface area (Å²) in [7, 11) is 1.54. The minimum Gasteiger partial charge on any atom is -0.493 e. The molecule has 2 N–H and O–H groups in total. The molecule has 9 heteroatoms. The van der Waals surface area contributed by atoms with E-state index in [4.69, 9.17) is 9.47 Å². The Balaban J connectivity index is 1.80. The number of amides is 2. The van der Waals surface area contributed by atoms with Crippen LogP contribution in [0.3, 0.4) is 0 Å². The SMILES string of the molecule is COc1ccccc1OCCNC(=O)C(C)NC(=O)c1cccc([N+](=O)[O-])c1. The molecular formula is C19H21N3O6. The zero-order valence-electron chi connectivity index (χ0n) is 15.5. The number of benzene rings is 2. The predicted molar refractivity (Wildman–Crippen MR) is 102 cm³/mol. The van der Waals surface area contributed by atoms with Crippen molar-refractivity contribution < 1.29 is 24.0 Å². The van der Waals surface area contributed by atoms with Gasteiger partial charge in [-0.05, 0) is 25.1 Å². The van der Waals surface area contributed by atoms with Gasteiger partial charge in [-0.3, -0.25) is 19.7 Å². The van der Waals surface area contributed by atoms with Gasteiger partial charge in [-0.2, -0.15) is 0 Å². The number of carbonyl (C=O) groups excluding carboxylic acids is 2. The van der Waals surface area contributed by atoms with Gasteiger partial charge < -0.3 is 20.1 Å². The van der Waals surface area contributed by atoms with Crippen molar-refractivity contribution in [3.05, 3.63) is 64.2 Å². The Morgan fingerprint density at radius 3 is 2.54 bits per heavy atom. The van der Waals surface area contributed by atoms with Gasteiger partial charge in [0.15, 0.2) is 11.5 Å². The van der Waals surface area contributed by atoms with Crippen LogP contribution in [0.5, 0.6) is 11.5 Å². The van der Waals surface area contributed by atoms with Gasteiger partial charge in [-0.25, -0.2) is 0 Å². The molecule has 2 rings (SSSR count). The van der Waals surface area contributed by atoms with E-state index in [0.29, 0.717) is 11.5 Å². The van der Waals surface area contributed by atoms with Crippen molar-refractivity contribution in [3.8, 4) is 11.5 Å². The Labute approximate surface area is 161 Å². The van der Waals surface area contributed by atoms with Crippen molar-refractivity contribution in [3.63, 3.8) is 0 Å².